The third-order valence-electron chi connectivity index (χ3n) is 4.07. The number of phenolic OH excluding ortho intramolecular Hbond substituents is 1. The van der Waals surface area contributed by atoms with Crippen LogP contribution in [-0.2, 0) is 0 Å². The van der Waals surface area contributed by atoms with Crippen molar-refractivity contribution in [2.75, 3.05) is 31.9 Å². The van der Waals surface area contributed by atoms with Crippen molar-refractivity contribution in [1.82, 2.24) is 10.2 Å². The Hall–Kier alpha value is -1.33. The quantitative estimate of drug-likeness (QED) is 0.572. The highest BCUT2D eigenvalue weighted by atomic mass is 19.1. The normalized spacial score (nSPS) is 22.4. The van der Waals surface area contributed by atoms with Crippen molar-refractivity contribution in [1.29, 1.82) is 0 Å². The predicted molar refractivity (Wildman–Crippen MR) is 72.4 cm³/mol. The highest BCUT2D eigenvalue weighted by molar-refractivity contribution is 5.57. The summed E-state index contributed by atoms with van der Waals surface area (Å²) in [6, 6.07) is 2.72. The molecule has 2 aliphatic rings. The molecule has 5 heteroatoms. The first-order valence-corrected chi connectivity index (χ1v) is 6.89. The molecule has 0 radical (unpaired) electrons. The van der Waals surface area contributed by atoms with Crippen molar-refractivity contribution in [3.63, 3.8) is 0 Å². The summed E-state index contributed by atoms with van der Waals surface area (Å²) in [5, 5.41) is 13.5. The van der Waals surface area contributed by atoms with Gasteiger partial charge >= 0.3 is 0 Å². The minimum absolute atomic E-state index is 0.0526. The van der Waals surface area contributed by atoms with E-state index in [2.05, 4.69) is 10.2 Å². The summed E-state index contributed by atoms with van der Waals surface area (Å²) in [7, 11) is 0. The number of piperazine rings is 1. The largest absolute Gasteiger partial charge is 0.505 e. The van der Waals surface area contributed by atoms with Crippen LogP contribution >= 0.6 is 0 Å². The summed E-state index contributed by atoms with van der Waals surface area (Å²) in [5.74, 6) is 0.202. The van der Waals surface area contributed by atoms with Gasteiger partial charge in [-0.1, -0.05) is 0 Å². The van der Waals surface area contributed by atoms with E-state index in [1.165, 1.54) is 12.1 Å². The molecule has 1 heterocycles. The standard InChI is InChI=1S/C14H20FN3O/c15-10-7-11(14(19)12(16)8-10)13(9-1-2-9)18-5-3-17-4-6-18/h7-9,13,17,19H,1-6,16H2/t13-/m0/s1. The van der Waals surface area contributed by atoms with Crippen LogP contribution in [0.3, 0.4) is 0 Å². The number of nitrogens with zero attached hydrogens (tertiary/aromatic N) is 1. The number of halogens is 1. The summed E-state index contributed by atoms with van der Waals surface area (Å²) < 4.78 is 13.6. The number of benzene rings is 1. The number of rotatable bonds is 3. The fourth-order valence-electron chi connectivity index (χ4n) is 2.99. The predicted octanol–water partition coefficient (Wildman–Crippen LogP) is 1.47. The van der Waals surface area contributed by atoms with E-state index >= 15 is 0 Å². The van der Waals surface area contributed by atoms with Crippen LogP contribution in [0, 0.1) is 11.7 Å². The zero-order valence-electron chi connectivity index (χ0n) is 10.9. The number of nitrogens with two attached hydrogens (primary N) is 1. The fourth-order valence-corrected chi connectivity index (χ4v) is 2.99. The van der Waals surface area contributed by atoms with Crippen LogP contribution < -0.4 is 11.1 Å². The molecule has 0 bridgehead atoms. The van der Waals surface area contributed by atoms with Gasteiger partial charge in [-0.25, -0.2) is 4.39 Å². The number of hydrogen-bond donors (Lipinski definition) is 3. The minimum Gasteiger partial charge on any atom is -0.505 e. The smallest absolute Gasteiger partial charge is 0.143 e. The lowest BCUT2D eigenvalue weighted by Gasteiger charge is -2.35. The van der Waals surface area contributed by atoms with E-state index in [1.807, 2.05) is 0 Å². The third kappa shape index (κ3) is 2.53. The first-order chi connectivity index (χ1) is 9.16. The Labute approximate surface area is 112 Å². The molecule has 1 aliphatic carbocycles. The van der Waals surface area contributed by atoms with Gasteiger partial charge < -0.3 is 16.2 Å². The molecule has 3 rings (SSSR count). The molecular formula is C14H20FN3O. The Morgan fingerprint density at radius 3 is 2.63 bits per heavy atom. The van der Waals surface area contributed by atoms with Crippen LogP contribution in [0.4, 0.5) is 10.1 Å². The summed E-state index contributed by atoms with van der Waals surface area (Å²) in [6.07, 6.45) is 2.29. The molecule has 1 aromatic carbocycles. The zero-order valence-corrected chi connectivity index (χ0v) is 10.9. The molecule has 4 N–H and O–H groups in total. The van der Waals surface area contributed by atoms with Crippen molar-refractivity contribution in [3.05, 3.63) is 23.5 Å². The number of phenols is 1. The van der Waals surface area contributed by atoms with Crippen molar-refractivity contribution < 1.29 is 9.50 Å². The summed E-state index contributed by atoms with van der Waals surface area (Å²) in [6.45, 7) is 3.73. The monoisotopic (exact) mass is 265 g/mol. The second-order valence-electron chi connectivity index (χ2n) is 5.50. The van der Waals surface area contributed by atoms with E-state index < -0.39 is 0 Å². The summed E-state index contributed by atoms with van der Waals surface area (Å²) in [4.78, 5) is 2.34. The number of nitrogen functional groups attached to an aromatic ring is 1. The van der Waals surface area contributed by atoms with Gasteiger partial charge in [-0.2, -0.15) is 0 Å². The molecular weight excluding hydrogens is 245 g/mol. The Bertz CT molecular complexity index is 470. The molecule has 1 aromatic rings. The lowest BCUT2D eigenvalue weighted by atomic mass is 9.98. The Balaban J connectivity index is 1.95. The molecule has 104 valence electrons. The maximum atomic E-state index is 13.6. The Kier molecular flexibility index (Phi) is 3.33. The molecule has 4 nitrogen and oxygen atoms in total. The van der Waals surface area contributed by atoms with Crippen LogP contribution in [0.25, 0.3) is 0 Å². The minimum atomic E-state index is -0.369. The highest BCUT2D eigenvalue weighted by Crippen LogP contribution is 2.48. The van der Waals surface area contributed by atoms with E-state index in [4.69, 9.17) is 5.73 Å². The van der Waals surface area contributed by atoms with Crippen LogP contribution in [0.15, 0.2) is 12.1 Å². The second kappa shape index (κ2) is 4.98. The number of nitrogens with one attached hydrogen (secondary N) is 1. The zero-order chi connectivity index (χ0) is 13.4. The molecule has 0 aromatic heterocycles. The van der Waals surface area contributed by atoms with Gasteiger partial charge in [-0.15, -0.1) is 0 Å². The second-order valence-corrected chi connectivity index (χ2v) is 5.50. The molecule has 19 heavy (non-hydrogen) atoms. The van der Waals surface area contributed by atoms with Crippen molar-refractivity contribution in [2.45, 2.75) is 18.9 Å². The van der Waals surface area contributed by atoms with Gasteiger partial charge in [-0.05, 0) is 24.8 Å². The lowest BCUT2D eigenvalue weighted by Crippen LogP contribution is -2.45. The van der Waals surface area contributed by atoms with E-state index in [0.717, 1.165) is 39.0 Å². The lowest BCUT2D eigenvalue weighted by molar-refractivity contribution is 0.153. The van der Waals surface area contributed by atoms with E-state index in [-0.39, 0.29) is 23.3 Å². The third-order valence-corrected chi connectivity index (χ3v) is 4.07. The van der Waals surface area contributed by atoms with Gasteiger partial charge in [0.2, 0.25) is 0 Å². The number of anilines is 1. The Morgan fingerprint density at radius 2 is 2.00 bits per heavy atom. The maximum Gasteiger partial charge on any atom is 0.143 e. The van der Waals surface area contributed by atoms with Crippen LogP contribution in [0.5, 0.6) is 5.75 Å². The average molecular weight is 265 g/mol. The van der Waals surface area contributed by atoms with Crippen molar-refractivity contribution in [3.8, 4) is 5.75 Å². The molecule has 1 saturated heterocycles. The molecule has 0 amide bonds. The molecule has 2 fully saturated rings. The van der Waals surface area contributed by atoms with Crippen molar-refractivity contribution >= 4 is 5.69 Å². The average Bonchev–Trinajstić information content (AvgIpc) is 3.21. The topological polar surface area (TPSA) is 61.5 Å². The van der Waals surface area contributed by atoms with Crippen LogP contribution in [0.1, 0.15) is 24.4 Å². The van der Waals surface area contributed by atoms with Crippen molar-refractivity contribution in [2.24, 2.45) is 5.92 Å². The van der Waals surface area contributed by atoms with Gasteiger partial charge in [0.05, 0.1) is 5.69 Å². The van der Waals surface area contributed by atoms with E-state index in [1.54, 1.807) is 0 Å². The van der Waals surface area contributed by atoms with E-state index in [9.17, 15) is 9.50 Å². The number of aromatic hydroxyl groups is 1. The summed E-state index contributed by atoms with van der Waals surface area (Å²) >= 11 is 0. The summed E-state index contributed by atoms with van der Waals surface area (Å²) in [5.41, 5.74) is 6.48. The maximum absolute atomic E-state index is 13.6. The molecule has 0 spiro atoms. The van der Waals surface area contributed by atoms with Gasteiger partial charge in [-0.3, -0.25) is 4.90 Å². The first kappa shape index (κ1) is 12.7. The number of hydrogen-bond acceptors (Lipinski definition) is 4. The Morgan fingerprint density at radius 1 is 1.32 bits per heavy atom. The van der Waals surface area contributed by atoms with Gasteiger partial charge in [0.15, 0.2) is 0 Å². The first-order valence-electron chi connectivity index (χ1n) is 6.89. The highest BCUT2D eigenvalue weighted by Gasteiger charge is 2.38. The van der Waals surface area contributed by atoms with Crippen LogP contribution in [-0.4, -0.2) is 36.2 Å². The van der Waals surface area contributed by atoms with E-state index in [0.29, 0.717) is 11.5 Å². The van der Waals surface area contributed by atoms with Crippen LogP contribution in [0.2, 0.25) is 0 Å². The van der Waals surface area contributed by atoms with Gasteiger partial charge in [0, 0.05) is 43.9 Å². The van der Waals surface area contributed by atoms with Gasteiger partial charge in [0.25, 0.3) is 0 Å². The molecule has 0 unspecified atom stereocenters. The fraction of sp³-hybridized carbons (Fsp3) is 0.571. The SMILES string of the molecule is Nc1cc(F)cc([C@H](C2CC2)N2CCNCC2)c1O. The molecule has 1 aliphatic heterocycles. The molecule has 1 saturated carbocycles. The molecule has 1 atom stereocenters. The van der Waals surface area contributed by atoms with Gasteiger partial charge in [0.1, 0.15) is 11.6 Å².